The number of alkyl carbamates (subject to hydrolysis) is 1. The van der Waals surface area contributed by atoms with Gasteiger partial charge in [-0.1, -0.05) is 30.3 Å². The van der Waals surface area contributed by atoms with Gasteiger partial charge in [-0.3, -0.25) is 4.79 Å². The Kier molecular flexibility index (Phi) is 6.68. The van der Waals surface area contributed by atoms with E-state index in [1.165, 1.54) is 0 Å². The zero-order valence-electron chi connectivity index (χ0n) is 20.0. The Morgan fingerprint density at radius 1 is 1.12 bits per heavy atom. The van der Waals surface area contributed by atoms with Gasteiger partial charge in [0.25, 0.3) is 0 Å². The molecule has 8 nitrogen and oxygen atoms in total. The van der Waals surface area contributed by atoms with Crippen LogP contribution in [0.4, 0.5) is 4.79 Å². The molecule has 0 fully saturated rings. The third kappa shape index (κ3) is 5.62. The molecule has 8 heteroatoms. The van der Waals surface area contributed by atoms with Crippen molar-refractivity contribution >= 4 is 22.9 Å². The molecule has 2 amide bonds. The van der Waals surface area contributed by atoms with Crippen molar-refractivity contribution in [1.29, 1.82) is 0 Å². The second-order valence-electron chi connectivity index (χ2n) is 9.43. The Labute approximate surface area is 199 Å². The van der Waals surface area contributed by atoms with E-state index in [9.17, 15) is 9.59 Å². The van der Waals surface area contributed by atoms with Crippen LogP contribution in [-0.2, 0) is 23.0 Å². The first-order valence-electron chi connectivity index (χ1n) is 11.4. The zero-order valence-corrected chi connectivity index (χ0v) is 20.0. The normalized spacial score (nSPS) is 16.1. The van der Waals surface area contributed by atoms with Crippen molar-refractivity contribution in [2.75, 3.05) is 13.2 Å². The van der Waals surface area contributed by atoms with E-state index in [1.807, 2.05) is 66.3 Å². The van der Waals surface area contributed by atoms with Gasteiger partial charge in [0, 0.05) is 30.6 Å². The van der Waals surface area contributed by atoms with Crippen molar-refractivity contribution in [3.63, 3.8) is 0 Å². The molecule has 4 rings (SSSR count). The first-order valence-corrected chi connectivity index (χ1v) is 11.4. The summed E-state index contributed by atoms with van der Waals surface area (Å²) in [7, 11) is 1.96. The number of fused-ring (bicyclic) bond motifs is 2. The molecule has 0 unspecified atom stereocenters. The molecular formula is C26H31N3O5. The summed E-state index contributed by atoms with van der Waals surface area (Å²) in [6.07, 6.45) is 1.33. The highest BCUT2D eigenvalue weighted by molar-refractivity contribution is 5.88. The van der Waals surface area contributed by atoms with E-state index in [0.29, 0.717) is 24.5 Å². The second-order valence-corrected chi connectivity index (χ2v) is 9.43. The van der Waals surface area contributed by atoms with E-state index in [-0.39, 0.29) is 18.6 Å². The molecule has 0 bridgehead atoms. The molecule has 1 aliphatic heterocycles. The van der Waals surface area contributed by atoms with Crippen molar-refractivity contribution in [2.24, 2.45) is 7.05 Å². The molecule has 34 heavy (non-hydrogen) atoms. The van der Waals surface area contributed by atoms with Gasteiger partial charge in [-0.15, -0.1) is 0 Å². The van der Waals surface area contributed by atoms with Crippen LogP contribution in [-0.4, -0.2) is 47.5 Å². The quantitative estimate of drug-likeness (QED) is 0.581. The number of carbonyl (C=O) groups excluding carboxylic acids is 2. The predicted octanol–water partition coefficient (Wildman–Crippen LogP) is 3.57. The fraction of sp³-hybridized carbons (Fsp3) is 0.385. The molecule has 3 aromatic rings. The van der Waals surface area contributed by atoms with Crippen molar-refractivity contribution in [2.45, 2.75) is 44.9 Å². The van der Waals surface area contributed by atoms with Crippen molar-refractivity contribution in [3.8, 4) is 11.5 Å². The first kappa shape index (κ1) is 23.5. The highest BCUT2D eigenvalue weighted by Gasteiger charge is 2.28. The van der Waals surface area contributed by atoms with Gasteiger partial charge in [-0.2, -0.15) is 0 Å². The number of rotatable bonds is 6. The average Bonchev–Trinajstić information content (AvgIpc) is 3.11. The number of nitrogens with zero attached hydrogens (tertiary/aromatic N) is 1. The third-order valence-electron chi connectivity index (χ3n) is 5.48. The Morgan fingerprint density at radius 3 is 2.59 bits per heavy atom. The number of benzene rings is 2. The maximum Gasteiger partial charge on any atom is 0.408 e. The Bertz CT molecular complexity index is 1180. The molecular weight excluding hydrogens is 434 g/mol. The van der Waals surface area contributed by atoms with Crippen molar-refractivity contribution in [1.82, 2.24) is 15.2 Å². The SMILES string of the molecule is Cn1cc(C[C@H](NC(=O)OC(C)(C)C)C(=O)NC[C@@H]2COc3ccccc3O2)c2ccccc21. The number of aryl methyl sites for hydroxylation is 1. The Hall–Kier alpha value is -3.68. The lowest BCUT2D eigenvalue weighted by Crippen LogP contribution is -2.51. The van der Waals surface area contributed by atoms with Crippen LogP contribution in [0.15, 0.2) is 54.7 Å². The molecule has 1 aromatic heterocycles. The number of para-hydroxylation sites is 3. The minimum Gasteiger partial charge on any atom is -0.486 e. The number of hydrogen-bond donors (Lipinski definition) is 2. The number of nitrogens with one attached hydrogen (secondary N) is 2. The zero-order chi connectivity index (χ0) is 24.3. The summed E-state index contributed by atoms with van der Waals surface area (Å²) in [5, 5.41) is 6.69. The van der Waals surface area contributed by atoms with Crippen LogP contribution in [0.1, 0.15) is 26.3 Å². The van der Waals surface area contributed by atoms with Crippen LogP contribution in [0.3, 0.4) is 0 Å². The molecule has 2 N–H and O–H groups in total. The second kappa shape index (κ2) is 9.67. The van der Waals surface area contributed by atoms with Crippen LogP contribution in [0, 0.1) is 0 Å². The highest BCUT2D eigenvalue weighted by Crippen LogP contribution is 2.30. The third-order valence-corrected chi connectivity index (χ3v) is 5.48. The van der Waals surface area contributed by atoms with E-state index in [1.54, 1.807) is 20.8 Å². The molecule has 0 saturated carbocycles. The van der Waals surface area contributed by atoms with E-state index < -0.39 is 17.7 Å². The van der Waals surface area contributed by atoms with Crippen LogP contribution >= 0.6 is 0 Å². The minimum atomic E-state index is -0.822. The van der Waals surface area contributed by atoms with E-state index in [2.05, 4.69) is 10.6 Å². The van der Waals surface area contributed by atoms with Gasteiger partial charge in [0.15, 0.2) is 11.5 Å². The fourth-order valence-corrected chi connectivity index (χ4v) is 3.97. The lowest BCUT2D eigenvalue weighted by atomic mass is 10.0. The van der Waals surface area contributed by atoms with E-state index in [4.69, 9.17) is 14.2 Å². The number of amides is 2. The monoisotopic (exact) mass is 465 g/mol. The number of aromatic nitrogens is 1. The summed E-state index contributed by atoms with van der Waals surface area (Å²) >= 11 is 0. The first-order chi connectivity index (χ1) is 16.2. The summed E-state index contributed by atoms with van der Waals surface area (Å²) in [6, 6.07) is 14.6. The maximum absolute atomic E-state index is 13.2. The van der Waals surface area contributed by atoms with Crippen molar-refractivity contribution < 1.29 is 23.8 Å². The maximum atomic E-state index is 13.2. The molecule has 0 saturated heterocycles. The smallest absolute Gasteiger partial charge is 0.408 e. The molecule has 0 radical (unpaired) electrons. The number of hydrogen-bond acceptors (Lipinski definition) is 5. The van der Waals surface area contributed by atoms with Crippen LogP contribution in [0.2, 0.25) is 0 Å². The van der Waals surface area contributed by atoms with Gasteiger partial charge in [-0.25, -0.2) is 4.79 Å². The van der Waals surface area contributed by atoms with Crippen molar-refractivity contribution in [3.05, 3.63) is 60.3 Å². The molecule has 180 valence electrons. The van der Waals surface area contributed by atoms with E-state index >= 15 is 0 Å². The van der Waals surface area contributed by atoms with Crippen LogP contribution in [0.25, 0.3) is 10.9 Å². The van der Waals surface area contributed by atoms with Crippen LogP contribution in [0.5, 0.6) is 11.5 Å². The molecule has 2 atom stereocenters. The van der Waals surface area contributed by atoms with Gasteiger partial charge in [0.2, 0.25) is 5.91 Å². The average molecular weight is 466 g/mol. The van der Waals surface area contributed by atoms with Gasteiger partial charge in [0.05, 0.1) is 6.54 Å². The van der Waals surface area contributed by atoms with Gasteiger partial charge in [0.1, 0.15) is 24.4 Å². The van der Waals surface area contributed by atoms with Gasteiger partial charge >= 0.3 is 6.09 Å². The largest absolute Gasteiger partial charge is 0.486 e. The summed E-state index contributed by atoms with van der Waals surface area (Å²) < 4.78 is 19.1. The summed E-state index contributed by atoms with van der Waals surface area (Å²) in [5.41, 5.74) is 1.34. The topological polar surface area (TPSA) is 90.8 Å². The Balaban J connectivity index is 1.46. The molecule has 0 aliphatic carbocycles. The van der Waals surface area contributed by atoms with E-state index in [0.717, 1.165) is 16.5 Å². The highest BCUT2D eigenvalue weighted by atomic mass is 16.6. The van der Waals surface area contributed by atoms with Gasteiger partial charge < -0.3 is 29.4 Å². The lowest BCUT2D eigenvalue weighted by molar-refractivity contribution is -0.123. The standard InChI is InChI=1S/C26H31N3O5/c1-26(2,3)34-25(31)28-20(13-17-15-29(4)21-10-6-5-9-19(17)21)24(30)27-14-18-16-32-22-11-7-8-12-23(22)33-18/h5-12,15,18,20H,13-14,16H2,1-4H3,(H,27,30)(H,28,31)/t18-,20+/m1/s1. The summed E-state index contributed by atoms with van der Waals surface area (Å²) in [5.74, 6) is 1.01. The lowest BCUT2D eigenvalue weighted by Gasteiger charge is -2.27. The number of carbonyl (C=O) groups is 2. The summed E-state index contributed by atoms with van der Waals surface area (Å²) in [6.45, 7) is 5.92. The molecule has 1 aliphatic rings. The number of ether oxygens (including phenoxy) is 3. The fourth-order valence-electron chi connectivity index (χ4n) is 3.97. The molecule has 2 aromatic carbocycles. The molecule has 0 spiro atoms. The minimum absolute atomic E-state index is 0.245. The predicted molar refractivity (Wildman–Crippen MR) is 129 cm³/mol. The summed E-state index contributed by atoms with van der Waals surface area (Å²) in [4.78, 5) is 25.7. The van der Waals surface area contributed by atoms with Gasteiger partial charge in [-0.05, 0) is 44.5 Å². The Morgan fingerprint density at radius 2 is 1.82 bits per heavy atom. The molecule has 2 heterocycles. The van der Waals surface area contributed by atoms with Crippen LogP contribution < -0.4 is 20.1 Å².